The number of nitrogens with one attached hydrogen (secondary N) is 1. The van der Waals surface area contributed by atoms with Gasteiger partial charge in [0.15, 0.2) is 6.61 Å². The van der Waals surface area contributed by atoms with Gasteiger partial charge in [-0.1, -0.05) is 42.0 Å². The number of carbonyl (C=O) groups is 2. The highest BCUT2D eigenvalue weighted by Gasteiger charge is 2.07. The zero-order valence-electron chi connectivity index (χ0n) is 12.6. The summed E-state index contributed by atoms with van der Waals surface area (Å²) >= 11 is 2.12. The molecule has 0 aliphatic carbocycles. The van der Waals surface area contributed by atoms with Crippen LogP contribution in [0.15, 0.2) is 54.6 Å². The highest BCUT2D eigenvalue weighted by Crippen LogP contribution is 2.16. The van der Waals surface area contributed by atoms with Crippen LogP contribution in [0.3, 0.4) is 0 Å². The first-order chi connectivity index (χ1) is 11.0. The molecular weight excluding hydrogens is 405 g/mol. The van der Waals surface area contributed by atoms with Crippen molar-refractivity contribution in [2.75, 3.05) is 11.9 Å². The Hall–Kier alpha value is -2.15. The lowest BCUT2D eigenvalue weighted by molar-refractivity contribution is -0.142. The number of carbonyl (C=O) groups excluding carboxylic acids is 2. The van der Waals surface area contributed by atoms with Crippen molar-refractivity contribution in [2.24, 2.45) is 0 Å². The van der Waals surface area contributed by atoms with E-state index in [1.807, 2.05) is 49.4 Å². The predicted molar refractivity (Wildman–Crippen MR) is 99.0 cm³/mol. The average molecular weight is 421 g/mol. The lowest BCUT2D eigenvalue weighted by atomic mass is 10.1. The summed E-state index contributed by atoms with van der Waals surface area (Å²) in [7, 11) is 0. The van der Waals surface area contributed by atoms with E-state index in [1.165, 1.54) is 6.08 Å². The Morgan fingerprint density at radius 2 is 1.83 bits per heavy atom. The Bertz CT molecular complexity index is 723. The number of esters is 1. The number of anilines is 1. The van der Waals surface area contributed by atoms with Crippen molar-refractivity contribution in [2.45, 2.75) is 6.92 Å². The molecule has 0 saturated carbocycles. The molecule has 0 saturated heterocycles. The Balaban J connectivity index is 1.81. The quantitative estimate of drug-likeness (QED) is 0.454. The van der Waals surface area contributed by atoms with E-state index in [-0.39, 0.29) is 12.5 Å². The van der Waals surface area contributed by atoms with Crippen molar-refractivity contribution in [3.8, 4) is 0 Å². The molecule has 0 radical (unpaired) electrons. The number of para-hydroxylation sites is 1. The standard InChI is InChI=1S/C18H16INO3/c1-13-6-8-14(9-7-13)10-11-18(22)23-12-17(21)20-16-5-3-2-4-15(16)19/h2-11H,12H2,1H3,(H,20,21)/b11-10+. The molecule has 1 amide bonds. The minimum atomic E-state index is -0.552. The van der Waals surface area contributed by atoms with Crippen LogP contribution in [0.25, 0.3) is 6.08 Å². The van der Waals surface area contributed by atoms with Gasteiger partial charge < -0.3 is 10.1 Å². The Labute approximate surface area is 148 Å². The predicted octanol–water partition coefficient (Wildman–Crippen LogP) is 3.79. The first kappa shape index (κ1) is 17.2. The number of benzene rings is 2. The molecule has 0 aliphatic heterocycles. The van der Waals surface area contributed by atoms with Crippen molar-refractivity contribution in [1.82, 2.24) is 0 Å². The van der Waals surface area contributed by atoms with E-state index in [0.29, 0.717) is 5.69 Å². The van der Waals surface area contributed by atoms with Crippen LogP contribution in [0.2, 0.25) is 0 Å². The molecule has 2 rings (SSSR count). The fourth-order valence-corrected chi connectivity index (χ4v) is 2.30. The first-order valence-corrected chi connectivity index (χ1v) is 8.08. The fourth-order valence-electron chi connectivity index (χ4n) is 1.78. The molecule has 0 atom stereocenters. The Kier molecular flexibility index (Phi) is 6.34. The lowest BCUT2D eigenvalue weighted by Gasteiger charge is -2.07. The number of hydrogen-bond donors (Lipinski definition) is 1. The van der Waals surface area contributed by atoms with Gasteiger partial charge in [-0.15, -0.1) is 0 Å². The van der Waals surface area contributed by atoms with Crippen LogP contribution in [0.1, 0.15) is 11.1 Å². The number of amides is 1. The molecule has 0 unspecified atom stereocenters. The maximum absolute atomic E-state index is 11.8. The number of halogens is 1. The maximum atomic E-state index is 11.8. The van der Waals surface area contributed by atoms with Gasteiger partial charge in [0.1, 0.15) is 0 Å². The SMILES string of the molecule is Cc1ccc(/C=C/C(=O)OCC(=O)Nc2ccccc2I)cc1. The molecule has 118 valence electrons. The molecule has 0 fully saturated rings. The van der Waals surface area contributed by atoms with Gasteiger partial charge in [-0.2, -0.15) is 0 Å². The fraction of sp³-hybridized carbons (Fsp3) is 0.111. The van der Waals surface area contributed by atoms with Crippen LogP contribution in [0, 0.1) is 10.5 Å². The summed E-state index contributed by atoms with van der Waals surface area (Å²) in [6.07, 6.45) is 2.96. The first-order valence-electron chi connectivity index (χ1n) is 7.00. The molecule has 4 nitrogen and oxygen atoms in total. The molecule has 5 heteroatoms. The summed E-state index contributed by atoms with van der Waals surface area (Å²) in [5.74, 6) is -0.922. The number of hydrogen-bond acceptors (Lipinski definition) is 3. The van der Waals surface area contributed by atoms with Crippen LogP contribution in [-0.4, -0.2) is 18.5 Å². The summed E-state index contributed by atoms with van der Waals surface area (Å²) < 4.78 is 5.84. The number of rotatable bonds is 5. The van der Waals surface area contributed by atoms with Gasteiger partial charge in [-0.3, -0.25) is 4.79 Å². The molecule has 0 aromatic heterocycles. The van der Waals surface area contributed by atoms with E-state index in [0.717, 1.165) is 14.7 Å². The number of ether oxygens (including phenoxy) is 1. The van der Waals surface area contributed by atoms with Crippen molar-refractivity contribution < 1.29 is 14.3 Å². The maximum Gasteiger partial charge on any atom is 0.331 e. The molecule has 0 aliphatic rings. The third-order valence-corrected chi connectivity index (χ3v) is 3.92. The van der Waals surface area contributed by atoms with E-state index >= 15 is 0 Å². The highest BCUT2D eigenvalue weighted by molar-refractivity contribution is 14.1. The Morgan fingerprint density at radius 1 is 1.13 bits per heavy atom. The van der Waals surface area contributed by atoms with Crippen molar-refractivity contribution >= 4 is 46.2 Å². The second-order valence-electron chi connectivity index (χ2n) is 4.88. The van der Waals surface area contributed by atoms with Gasteiger partial charge in [0.25, 0.3) is 5.91 Å². The molecule has 23 heavy (non-hydrogen) atoms. The molecule has 1 N–H and O–H groups in total. The van der Waals surface area contributed by atoms with E-state index < -0.39 is 5.97 Å². The normalized spacial score (nSPS) is 10.5. The largest absolute Gasteiger partial charge is 0.452 e. The third-order valence-electron chi connectivity index (χ3n) is 2.98. The van der Waals surface area contributed by atoms with E-state index in [2.05, 4.69) is 27.9 Å². The van der Waals surface area contributed by atoms with Crippen LogP contribution in [-0.2, 0) is 14.3 Å². The van der Waals surface area contributed by atoms with Crippen molar-refractivity contribution in [3.63, 3.8) is 0 Å². The second kappa shape index (κ2) is 8.47. The van der Waals surface area contributed by atoms with Gasteiger partial charge in [0.05, 0.1) is 5.69 Å². The second-order valence-corrected chi connectivity index (χ2v) is 6.04. The van der Waals surface area contributed by atoms with Crippen LogP contribution < -0.4 is 5.32 Å². The third kappa shape index (κ3) is 5.86. The highest BCUT2D eigenvalue weighted by atomic mass is 127. The van der Waals surface area contributed by atoms with Crippen LogP contribution in [0.5, 0.6) is 0 Å². The summed E-state index contributed by atoms with van der Waals surface area (Å²) in [4.78, 5) is 23.4. The Morgan fingerprint density at radius 3 is 2.52 bits per heavy atom. The smallest absolute Gasteiger partial charge is 0.331 e. The van der Waals surface area contributed by atoms with Gasteiger partial charge in [0.2, 0.25) is 0 Å². The summed E-state index contributed by atoms with van der Waals surface area (Å²) in [5.41, 5.74) is 2.75. The summed E-state index contributed by atoms with van der Waals surface area (Å²) in [6.45, 7) is 1.68. The van der Waals surface area contributed by atoms with Crippen molar-refractivity contribution in [1.29, 1.82) is 0 Å². The minimum absolute atomic E-state index is 0.317. The van der Waals surface area contributed by atoms with E-state index in [4.69, 9.17) is 4.74 Å². The molecule has 0 bridgehead atoms. The topological polar surface area (TPSA) is 55.4 Å². The zero-order chi connectivity index (χ0) is 16.7. The van der Waals surface area contributed by atoms with Gasteiger partial charge in [-0.25, -0.2) is 4.79 Å². The summed E-state index contributed by atoms with van der Waals surface area (Å²) in [6, 6.07) is 15.1. The zero-order valence-corrected chi connectivity index (χ0v) is 14.7. The van der Waals surface area contributed by atoms with Crippen molar-refractivity contribution in [3.05, 3.63) is 69.3 Å². The average Bonchev–Trinajstić information content (AvgIpc) is 2.54. The van der Waals surface area contributed by atoms with E-state index in [9.17, 15) is 9.59 Å². The molecule has 2 aromatic rings. The molecular formula is C18H16INO3. The van der Waals surface area contributed by atoms with Gasteiger partial charge in [0, 0.05) is 9.65 Å². The van der Waals surface area contributed by atoms with Crippen LogP contribution in [0.4, 0.5) is 5.69 Å². The van der Waals surface area contributed by atoms with Crippen LogP contribution >= 0.6 is 22.6 Å². The lowest BCUT2D eigenvalue weighted by Crippen LogP contribution is -2.20. The number of aryl methyl sites for hydroxylation is 1. The van der Waals surface area contributed by atoms with Gasteiger partial charge >= 0.3 is 5.97 Å². The molecule has 0 heterocycles. The summed E-state index contributed by atoms with van der Waals surface area (Å²) in [5, 5.41) is 2.70. The molecule has 2 aromatic carbocycles. The molecule has 0 spiro atoms. The van der Waals surface area contributed by atoms with E-state index in [1.54, 1.807) is 12.1 Å². The van der Waals surface area contributed by atoms with Gasteiger partial charge in [-0.05, 0) is 53.3 Å². The monoisotopic (exact) mass is 421 g/mol. The minimum Gasteiger partial charge on any atom is -0.452 e.